The first-order chi connectivity index (χ1) is 9.50. The van der Waals surface area contributed by atoms with Gasteiger partial charge in [-0.25, -0.2) is 0 Å². The maximum absolute atomic E-state index is 5.80. The lowest BCUT2D eigenvalue weighted by Gasteiger charge is -2.18. The van der Waals surface area contributed by atoms with Crippen LogP contribution in [-0.4, -0.2) is 11.5 Å². The first kappa shape index (κ1) is 14.8. The molecule has 2 nitrogen and oxygen atoms in total. The molecule has 0 radical (unpaired) electrons. The summed E-state index contributed by atoms with van der Waals surface area (Å²) in [6.45, 7) is 7.73. The molecule has 1 unspecified atom stereocenters. The molecule has 2 aromatic rings. The highest BCUT2D eigenvalue weighted by molar-refractivity contribution is 7.80. The van der Waals surface area contributed by atoms with Crippen LogP contribution in [0.5, 0.6) is 0 Å². The zero-order valence-electron chi connectivity index (χ0n) is 12.3. The fourth-order valence-electron chi connectivity index (χ4n) is 2.17. The predicted molar refractivity (Wildman–Crippen MR) is 92.3 cm³/mol. The van der Waals surface area contributed by atoms with Gasteiger partial charge in [-0.05, 0) is 29.4 Å². The molecule has 3 heteroatoms. The summed E-state index contributed by atoms with van der Waals surface area (Å²) in [6.07, 6.45) is 0. The fraction of sp³-hybridized carbons (Fsp3) is 0.353. The molecule has 0 fully saturated rings. The van der Waals surface area contributed by atoms with Gasteiger partial charge in [0.15, 0.2) is 0 Å². The van der Waals surface area contributed by atoms with E-state index in [1.54, 1.807) is 0 Å². The van der Waals surface area contributed by atoms with Gasteiger partial charge in [0.2, 0.25) is 0 Å². The first-order valence-electron chi connectivity index (χ1n) is 7.06. The highest BCUT2D eigenvalue weighted by atomic mass is 32.1. The first-order valence-corrected chi connectivity index (χ1v) is 7.47. The molecule has 106 valence electrons. The van der Waals surface area contributed by atoms with E-state index in [4.69, 9.17) is 18.0 Å². The summed E-state index contributed by atoms with van der Waals surface area (Å²) >= 11 is 5.13. The van der Waals surface area contributed by atoms with Crippen LogP contribution in [0.2, 0.25) is 0 Å². The van der Waals surface area contributed by atoms with E-state index in [1.165, 1.54) is 5.39 Å². The highest BCUT2D eigenvalue weighted by Crippen LogP contribution is 2.27. The summed E-state index contributed by atoms with van der Waals surface area (Å²) in [7, 11) is 0. The SMILES string of the molecule is CC(C)C(C)CNc1ccc(C(N)=S)c2ccccc12. The second-order valence-electron chi connectivity index (χ2n) is 5.67. The van der Waals surface area contributed by atoms with Crippen LogP contribution in [0.25, 0.3) is 10.8 Å². The third-order valence-electron chi connectivity index (χ3n) is 3.94. The summed E-state index contributed by atoms with van der Waals surface area (Å²) in [5.74, 6) is 1.30. The minimum atomic E-state index is 0.447. The average molecular weight is 286 g/mol. The van der Waals surface area contributed by atoms with Gasteiger partial charge in [-0.1, -0.05) is 57.3 Å². The molecule has 20 heavy (non-hydrogen) atoms. The van der Waals surface area contributed by atoms with Gasteiger partial charge >= 0.3 is 0 Å². The Morgan fingerprint density at radius 3 is 2.35 bits per heavy atom. The predicted octanol–water partition coefficient (Wildman–Crippen LogP) is 4.18. The molecule has 0 saturated carbocycles. The van der Waals surface area contributed by atoms with Crippen LogP contribution < -0.4 is 11.1 Å². The van der Waals surface area contributed by atoms with Crippen molar-refractivity contribution in [3.8, 4) is 0 Å². The van der Waals surface area contributed by atoms with Crippen molar-refractivity contribution in [3.63, 3.8) is 0 Å². The Labute approximate surface area is 126 Å². The van der Waals surface area contributed by atoms with Gasteiger partial charge in [0.1, 0.15) is 4.99 Å². The van der Waals surface area contributed by atoms with Crippen molar-refractivity contribution < 1.29 is 0 Å². The van der Waals surface area contributed by atoms with Gasteiger partial charge in [0.05, 0.1) is 0 Å². The van der Waals surface area contributed by atoms with Crippen LogP contribution in [0.15, 0.2) is 36.4 Å². The van der Waals surface area contributed by atoms with Crippen molar-refractivity contribution >= 4 is 33.7 Å². The molecule has 0 aliphatic heterocycles. The molecule has 0 saturated heterocycles. The van der Waals surface area contributed by atoms with E-state index in [1.807, 2.05) is 18.2 Å². The van der Waals surface area contributed by atoms with Crippen LogP contribution >= 0.6 is 12.2 Å². The summed E-state index contributed by atoms with van der Waals surface area (Å²) in [6, 6.07) is 12.3. The molecule has 2 aromatic carbocycles. The minimum Gasteiger partial charge on any atom is -0.389 e. The smallest absolute Gasteiger partial charge is 0.104 e. The van der Waals surface area contributed by atoms with Gasteiger partial charge in [-0.2, -0.15) is 0 Å². The number of hydrogen-bond donors (Lipinski definition) is 2. The zero-order chi connectivity index (χ0) is 14.7. The van der Waals surface area contributed by atoms with Crippen molar-refractivity contribution in [3.05, 3.63) is 42.0 Å². The Morgan fingerprint density at radius 1 is 1.10 bits per heavy atom. The number of rotatable bonds is 5. The Morgan fingerprint density at radius 2 is 1.75 bits per heavy atom. The summed E-state index contributed by atoms with van der Waals surface area (Å²) in [5, 5.41) is 5.84. The Kier molecular flexibility index (Phi) is 4.61. The van der Waals surface area contributed by atoms with E-state index in [2.05, 4.69) is 44.3 Å². The summed E-state index contributed by atoms with van der Waals surface area (Å²) < 4.78 is 0. The summed E-state index contributed by atoms with van der Waals surface area (Å²) in [5.41, 5.74) is 7.89. The normalized spacial score (nSPS) is 12.6. The molecule has 1 atom stereocenters. The van der Waals surface area contributed by atoms with Gasteiger partial charge < -0.3 is 11.1 Å². The lowest BCUT2D eigenvalue weighted by molar-refractivity contribution is 0.440. The largest absolute Gasteiger partial charge is 0.389 e. The Balaban J connectivity index is 2.36. The van der Waals surface area contributed by atoms with Crippen LogP contribution in [-0.2, 0) is 0 Å². The molecule has 0 aliphatic rings. The molecular weight excluding hydrogens is 264 g/mol. The molecule has 0 heterocycles. The molecule has 0 bridgehead atoms. The van der Waals surface area contributed by atoms with Crippen LogP contribution in [0.1, 0.15) is 26.3 Å². The maximum Gasteiger partial charge on any atom is 0.104 e. The number of thiocarbonyl (C=S) groups is 1. The second-order valence-corrected chi connectivity index (χ2v) is 6.11. The van der Waals surface area contributed by atoms with E-state index in [-0.39, 0.29) is 0 Å². The number of nitrogens with one attached hydrogen (secondary N) is 1. The van der Waals surface area contributed by atoms with Crippen LogP contribution in [0, 0.1) is 11.8 Å². The van der Waals surface area contributed by atoms with E-state index < -0.39 is 0 Å². The number of fused-ring (bicyclic) bond motifs is 1. The molecule has 2 rings (SSSR count). The number of hydrogen-bond acceptors (Lipinski definition) is 2. The van der Waals surface area contributed by atoms with E-state index in [9.17, 15) is 0 Å². The van der Waals surface area contributed by atoms with Crippen molar-refractivity contribution in [1.82, 2.24) is 0 Å². The van der Waals surface area contributed by atoms with Crippen LogP contribution in [0.3, 0.4) is 0 Å². The summed E-state index contributed by atoms with van der Waals surface area (Å²) in [4.78, 5) is 0.447. The molecule has 3 N–H and O–H groups in total. The lowest BCUT2D eigenvalue weighted by Crippen LogP contribution is -2.16. The van der Waals surface area contributed by atoms with Crippen molar-refractivity contribution in [2.24, 2.45) is 17.6 Å². The standard InChI is InChI=1S/C17H22N2S/c1-11(2)12(3)10-19-16-9-8-15(17(18)20)13-6-4-5-7-14(13)16/h4-9,11-12,19H,10H2,1-3H3,(H2,18,20). The van der Waals surface area contributed by atoms with Gasteiger partial charge in [0.25, 0.3) is 0 Å². The molecule has 0 aliphatic carbocycles. The minimum absolute atomic E-state index is 0.447. The van der Waals surface area contributed by atoms with E-state index in [0.717, 1.165) is 23.2 Å². The highest BCUT2D eigenvalue weighted by Gasteiger charge is 2.10. The van der Waals surface area contributed by atoms with Crippen molar-refractivity contribution in [1.29, 1.82) is 0 Å². The lowest BCUT2D eigenvalue weighted by atomic mass is 9.97. The maximum atomic E-state index is 5.80. The average Bonchev–Trinajstić information content (AvgIpc) is 2.43. The van der Waals surface area contributed by atoms with E-state index in [0.29, 0.717) is 16.8 Å². The quantitative estimate of drug-likeness (QED) is 0.810. The van der Waals surface area contributed by atoms with Crippen LogP contribution in [0.4, 0.5) is 5.69 Å². The third-order valence-corrected chi connectivity index (χ3v) is 4.16. The Hall–Kier alpha value is -1.61. The Bertz CT molecular complexity index is 619. The number of anilines is 1. The molecule has 0 aromatic heterocycles. The fourth-order valence-corrected chi connectivity index (χ4v) is 2.35. The molecular formula is C17H22N2S. The van der Waals surface area contributed by atoms with Crippen molar-refractivity contribution in [2.45, 2.75) is 20.8 Å². The number of benzene rings is 2. The van der Waals surface area contributed by atoms with E-state index >= 15 is 0 Å². The number of nitrogens with two attached hydrogens (primary N) is 1. The molecule has 0 amide bonds. The third kappa shape index (κ3) is 3.10. The van der Waals surface area contributed by atoms with Gasteiger partial charge in [-0.15, -0.1) is 0 Å². The zero-order valence-corrected chi connectivity index (χ0v) is 13.1. The molecule has 0 spiro atoms. The topological polar surface area (TPSA) is 38.0 Å². The second kappa shape index (κ2) is 6.23. The monoisotopic (exact) mass is 286 g/mol. The van der Waals surface area contributed by atoms with Crippen molar-refractivity contribution in [2.75, 3.05) is 11.9 Å². The van der Waals surface area contributed by atoms with Gasteiger partial charge in [0, 0.05) is 23.2 Å². The van der Waals surface area contributed by atoms with Gasteiger partial charge in [-0.3, -0.25) is 0 Å².